The fourth-order valence-electron chi connectivity index (χ4n) is 0.960. The van der Waals surface area contributed by atoms with Crippen LogP contribution in [0.4, 0.5) is 0 Å². The first-order chi connectivity index (χ1) is 5.76. The van der Waals surface area contributed by atoms with E-state index in [0.29, 0.717) is 13.1 Å². The molecule has 0 aliphatic rings. The minimum absolute atomic E-state index is 0.00938. The molecular formula is C8H18N2O2. The molecule has 0 aromatic carbocycles. The first-order valence-electron chi connectivity index (χ1n) is 4.35. The van der Waals surface area contributed by atoms with Gasteiger partial charge in [-0.25, -0.2) is 0 Å². The van der Waals surface area contributed by atoms with Gasteiger partial charge in [0.1, 0.15) is 0 Å². The van der Waals surface area contributed by atoms with Gasteiger partial charge in [0.2, 0.25) is 5.91 Å². The monoisotopic (exact) mass is 174 g/mol. The van der Waals surface area contributed by atoms with Crippen LogP contribution in [0.5, 0.6) is 0 Å². The number of nitrogens with zero attached hydrogens (tertiary/aromatic N) is 1. The van der Waals surface area contributed by atoms with Crippen LogP contribution in [0.2, 0.25) is 0 Å². The SMILES string of the molecule is CCCCN(CCO)C(=O)CN. The van der Waals surface area contributed by atoms with E-state index < -0.39 is 0 Å². The van der Waals surface area contributed by atoms with E-state index in [1.165, 1.54) is 0 Å². The number of aliphatic hydroxyl groups is 1. The quantitative estimate of drug-likeness (QED) is 0.574. The third kappa shape index (κ3) is 4.31. The average Bonchev–Trinajstić information content (AvgIpc) is 2.11. The highest BCUT2D eigenvalue weighted by atomic mass is 16.3. The Kier molecular flexibility index (Phi) is 6.70. The van der Waals surface area contributed by atoms with Gasteiger partial charge < -0.3 is 15.7 Å². The predicted octanol–water partition coefficient (Wildman–Crippen LogP) is -0.434. The molecule has 4 nitrogen and oxygen atoms in total. The summed E-state index contributed by atoms with van der Waals surface area (Å²) >= 11 is 0. The molecule has 72 valence electrons. The number of aliphatic hydroxyl groups excluding tert-OH is 1. The van der Waals surface area contributed by atoms with Gasteiger partial charge in [0, 0.05) is 13.1 Å². The molecule has 1 amide bonds. The van der Waals surface area contributed by atoms with Crippen molar-refractivity contribution in [3.8, 4) is 0 Å². The number of hydrogen-bond donors (Lipinski definition) is 2. The van der Waals surface area contributed by atoms with Crippen LogP contribution in [0.15, 0.2) is 0 Å². The van der Waals surface area contributed by atoms with Crippen LogP contribution in [0.25, 0.3) is 0 Å². The van der Waals surface area contributed by atoms with Crippen molar-refractivity contribution in [3.63, 3.8) is 0 Å². The molecule has 0 atom stereocenters. The maximum Gasteiger partial charge on any atom is 0.236 e. The molecule has 0 radical (unpaired) electrons. The number of carbonyl (C=O) groups is 1. The molecule has 0 saturated heterocycles. The Morgan fingerprint density at radius 3 is 2.58 bits per heavy atom. The first kappa shape index (κ1) is 11.4. The van der Waals surface area contributed by atoms with Crippen molar-refractivity contribution in [1.29, 1.82) is 0 Å². The lowest BCUT2D eigenvalue weighted by molar-refractivity contribution is -0.130. The number of rotatable bonds is 6. The lowest BCUT2D eigenvalue weighted by Gasteiger charge is -2.20. The average molecular weight is 174 g/mol. The molecule has 0 bridgehead atoms. The largest absolute Gasteiger partial charge is 0.395 e. The fourth-order valence-corrected chi connectivity index (χ4v) is 0.960. The number of carbonyl (C=O) groups excluding carboxylic acids is 1. The first-order valence-corrected chi connectivity index (χ1v) is 4.35. The predicted molar refractivity (Wildman–Crippen MR) is 47.6 cm³/mol. The summed E-state index contributed by atoms with van der Waals surface area (Å²) in [5.41, 5.74) is 5.20. The van der Waals surface area contributed by atoms with Crippen molar-refractivity contribution in [2.45, 2.75) is 19.8 Å². The summed E-state index contributed by atoms with van der Waals surface area (Å²) in [5, 5.41) is 8.65. The molecule has 0 saturated carbocycles. The zero-order valence-electron chi connectivity index (χ0n) is 7.62. The molecule has 12 heavy (non-hydrogen) atoms. The van der Waals surface area contributed by atoms with Crippen molar-refractivity contribution in [2.75, 3.05) is 26.2 Å². The maximum absolute atomic E-state index is 11.1. The van der Waals surface area contributed by atoms with Crippen molar-refractivity contribution in [1.82, 2.24) is 4.90 Å². The third-order valence-electron chi connectivity index (χ3n) is 1.68. The Balaban J connectivity index is 3.76. The Morgan fingerprint density at radius 2 is 2.17 bits per heavy atom. The van der Waals surface area contributed by atoms with E-state index in [4.69, 9.17) is 10.8 Å². The summed E-state index contributed by atoms with van der Waals surface area (Å²) in [7, 11) is 0. The van der Waals surface area contributed by atoms with Crippen molar-refractivity contribution in [3.05, 3.63) is 0 Å². The maximum atomic E-state index is 11.1. The van der Waals surface area contributed by atoms with Gasteiger partial charge in [-0.1, -0.05) is 13.3 Å². The van der Waals surface area contributed by atoms with Gasteiger partial charge in [-0.05, 0) is 6.42 Å². The van der Waals surface area contributed by atoms with E-state index in [1.807, 2.05) is 0 Å². The molecule has 0 aromatic rings. The molecule has 4 heteroatoms. The summed E-state index contributed by atoms with van der Waals surface area (Å²) in [6.45, 7) is 3.20. The number of hydrogen-bond acceptors (Lipinski definition) is 3. The van der Waals surface area contributed by atoms with Crippen LogP contribution in [0, 0.1) is 0 Å². The van der Waals surface area contributed by atoms with Crippen molar-refractivity contribution in [2.24, 2.45) is 5.73 Å². The zero-order chi connectivity index (χ0) is 9.40. The minimum Gasteiger partial charge on any atom is -0.395 e. The normalized spacial score (nSPS) is 9.92. The highest BCUT2D eigenvalue weighted by Crippen LogP contribution is 1.94. The lowest BCUT2D eigenvalue weighted by Crippen LogP contribution is -2.38. The molecule has 0 aliphatic carbocycles. The second-order valence-corrected chi connectivity index (χ2v) is 2.66. The van der Waals surface area contributed by atoms with Crippen LogP contribution in [-0.2, 0) is 4.79 Å². The summed E-state index contributed by atoms with van der Waals surface area (Å²) in [5.74, 6) is -0.0856. The topological polar surface area (TPSA) is 66.6 Å². The van der Waals surface area contributed by atoms with Gasteiger partial charge in [-0.3, -0.25) is 4.79 Å². The van der Waals surface area contributed by atoms with E-state index in [1.54, 1.807) is 4.90 Å². The molecule has 0 aromatic heterocycles. The van der Waals surface area contributed by atoms with Crippen LogP contribution < -0.4 is 5.73 Å². The smallest absolute Gasteiger partial charge is 0.236 e. The fraction of sp³-hybridized carbons (Fsp3) is 0.875. The van der Waals surface area contributed by atoms with Crippen LogP contribution >= 0.6 is 0 Å². The van der Waals surface area contributed by atoms with Gasteiger partial charge in [-0.2, -0.15) is 0 Å². The van der Waals surface area contributed by atoms with Gasteiger partial charge in [0.05, 0.1) is 13.2 Å². The number of nitrogens with two attached hydrogens (primary N) is 1. The Bertz CT molecular complexity index is 128. The van der Waals surface area contributed by atoms with Gasteiger partial charge in [0.15, 0.2) is 0 Å². The minimum atomic E-state index is -0.0856. The lowest BCUT2D eigenvalue weighted by atomic mass is 10.3. The van der Waals surface area contributed by atoms with E-state index in [-0.39, 0.29) is 19.1 Å². The summed E-state index contributed by atoms with van der Waals surface area (Å²) in [6, 6.07) is 0. The molecular weight excluding hydrogens is 156 g/mol. The van der Waals surface area contributed by atoms with Crippen LogP contribution in [0.3, 0.4) is 0 Å². The highest BCUT2D eigenvalue weighted by Gasteiger charge is 2.09. The van der Waals surface area contributed by atoms with E-state index in [2.05, 4.69) is 6.92 Å². The third-order valence-corrected chi connectivity index (χ3v) is 1.68. The molecule has 0 aliphatic heterocycles. The molecule has 3 N–H and O–H groups in total. The summed E-state index contributed by atoms with van der Waals surface area (Å²) in [4.78, 5) is 12.7. The molecule has 0 unspecified atom stereocenters. The zero-order valence-corrected chi connectivity index (χ0v) is 7.62. The number of unbranched alkanes of at least 4 members (excludes halogenated alkanes) is 1. The highest BCUT2D eigenvalue weighted by molar-refractivity contribution is 5.77. The number of amides is 1. The Labute approximate surface area is 73.3 Å². The molecule has 0 heterocycles. The van der Waals surface area contributed by atoms with Crippen LogP contribution in [-0.4, -0.2) is 42.2 Å². The van der Waals surface area contributed by atoms with Crippen molar-refractivity contribution < 1.29 is 9.90 Å². The molecule has 0 spiro atoms. The Morgan fingerprint density at radius 1 is 1.50 bits per heavy atom. The van der Waals surface area contributed by atoms with E-state index >= 15 is 0 Å². The second kappa shape index (κ2) is 7.06. The van der Waals surface area contributed by atoms with E-state index in [9.17, 15) is 4.79 Å². The standard InChI is InChI=1S/C8H18N2O2/c1-2-3-4-10(5-6-11)8(12)7-9/h11H,2-7,9H2,1H3. The summed E-state index contributed by atoms with van der Waals surface area (Å²) < 4.78 is 0. The van der Waals surface area contributed by atoms with Gasteiger partial charge >= 0.3 is 0 Å². The van der Waals surface area contributed by atoms with Gasteiger partial charge in [-0.15, -0.1) is 0 Å². The van der Waals surface area contributed by atoms with Crippen LogP contribution in [0.1, 0.15) is 19.8 Å². The van der Waals surface area contributed by atoms with Gasteiger partial charge in [0.25, 0.3) is 0 Å². The van der Waals surface area contributed by atoms with Crippen molar-refractivity contribution >= 4 is 5.91 Å². The molecule has 0 fully saturated rings. The second-order valence-electron chi connectivity index (χ2n) is 2.66. The van der Waals surface area contributed by atoms with E-state index in [0.717, 1.165) is 12.8 Å². The summed E-state index contributed by atoms with van der Waals surface area (Å²) in [6.07, 6.45) is 2.01. The Hall–Kier alpha value is -0.610. The molecule has 0 rings (SSSR count).